The molecule has 0 atom stereocenters. The highest BCUT2D eigenvalue weighted by Gasteiger charge is 2.07. The van der Waals surface area contributed by atoms with Crippen LogP contribution in [0.5, 0.6) is 0 Å². The highest BCUT2D eigenvalue weighted by molar-refractivity contribution is 9.10. The Hall–Kier alpha value is -1.51. The quantitative estimate of drug-likeness (QED) is 0.491. The third-order valence-electron chi connectivity index (χ3n) is 2.29. The summed E-state index contributed by atoms with van der Waals surface area (Å²) in [6.45, 7) is 2.29. The van der Waals surface area contributed by atoms with Gasteiger partial charge < -0.3 is 10.6 Å². The maximum Gasteiger partial charge on any atom is 0.263 e. The molecule has 100 valence electrons. The standard InChI is InChI=1S/C13H13BrClN3O/c1-9-6-11(2-3-12(9)14)18-8-10(7-16)13(19)17-5-4-15/h2-3,6,8,18H,4-5H2,1H3,(H,17,19)/b10-8-. The van der Waals surface area contributed by atoms with Crippen molar-refractivity contribution in [2.75, 3.05) is 17.7 Å². The zero-order chi connectivity index (χ0) is 14.3. The Morgan fingerprint density at radius 3 is 2.89 bits per heavy atom. The van der Waals surface area contributed by atoms with Gasteiger partial charge in [0, 0.05) is 28.8 Å². The number of amides is 1. The van der Waals surface area contributed by atoms with Gasteiger partial charge in [-0.25, -0.2) is 0 Å². The fourth-order valence-corrected chi connectivity index (χ4v) is 1.64. The summed E-state index contributed by atoms with van der Waals surface area (Å²) in [6, 6.07) is 7.49. The number of hydrogen-bond acceptors (Lipinski definition) is 3. The van der Waals surface area contributed by atoms with Gasteiger partial charge in [0.15, 0.2) is 0 Å². The highest BCUT2D eigenvalue weighted by Crippen LogP contribution is 2.20. The molecular formula is C13H13BrClN3O. The molecule has 2 N–H and O–H groups in total. The van der Waals surface area contributed by atoms with Crippen molar-refractivity contribution in [3.63, 3.8) is 0 Å². The predicted molar refractivity (Wildman–Crippen MR) is 79.9 cm³/mol. The molecule has 1 aromatic rings. The molecule has 0 saturated heterocycles. The van der Waals surface area contributed by atoms with Crippen LogP contribution in [0, 0.1) is 18.3 Å². The summed E-state index contributed by atoms with van der Waals surface area (Å²) in [4.78, 5) is 11.6. The van der Waals surface area contributed by atoms with Gasteiger partial charge >= 0.3 is 0 Å². The van der Waals surface area contributed by atoms with Crippen molar-refractivity contribution >= 4 is 39.1 Å². The van der Waals surface area contributed by atoms with E-state index in [0.717, 1.165) is 15.7 Å². The van der Waals surface area contributed by atoms with Crippen LogP contribution in [0.1, 0.15) is 5.56 Å². The number of carbonyl (C=O) groups is 1. The van der Waals surface area contributed by atoms with E-state index in [4.69, 9.17) is 16.9 Å². The van der Waals surface area contributed by atoms with Gasteiger partial charge in [0.25, 0.3) is 5.91 Å². The average Bonchev–Trinajstić information content (AvgIpc) is 2.41. The monoisotopic (exact) mass is 341 g/mol. The van der Waals surface area contributed by atoms with E-state index in [1.807, 2.05) is 31.2 Å². The van der Waals surface area contributed by atoms with E-state index in [1.54, 1.807) is 0 Å². The molecule has 0 spiro atoms. The van der Waals surface area contributed by atoms with E-state index < -0.39 is 5.91 Å². The van der Waals surface area contributed by atoms with Crippen molar-refractivity contribution in [2.24, 2.45) is 0 Å². The number of alkyl halides is 1. The number of nitrogens with one attached hydrogen (secondary N) is 2. The summed E-state index contributed by atoms with van der Waals surface area (Å²) < 4.78 is 1.00. The van der Waals surface area contributed by atoms with Crippen LogP contribution in [-0.2, 0) is 4.79 Å². The topological polar surface area (TPSA) is 64.9 Å². The largest absolute Gasteiger partial charge is 0.360 e. The molecule has 19 heavy (non-hydrogen) atoms. The lowest BCUT2D eigenvalue weighted by Crippen LogP contribution is -2.26. The Morgan fingerprint density at radius 1 is 1.58 bits per heavy atom. The van der Waals surface area contributed by atoms with Gasteiger partial charge in [-0.2, -0.15) is 5.26 Å². The molecular weight excluding hydrogens is 330 g/mol. The van der Waals surface area contributed by atoms with Crippen LogP contribution in [0.2, 0.25) is 0 Å². The maximum atomic E-state index is 11.6. The second-order valence-electron chi connectivity index (χ2n) is 3.72. The summed E-state index contributed by atoms with van der Waals surface area (Å²) in [5, 5.41) is 14.4. The molecule has 1 rings (SSSR count). The highest BCUT2D eigenvalue weighted by atomic mass is 79.9. The van der Waals surface area contributed by atoms with Gasteiger partial charge in [0.1, 0.15) is 11.6 Å². The van der Waals surface area contributed by atoms with E-state index in [-0.39, 0.29) is 5.57 Å². The molecule has 0 aromatic heterocycles. The Labute approximate surface area is 125 Å². The number of nitriles is 1. The van der Waals surface area contributed by atoms with Crippen molar-refractivity contribution < 1.29 is 4.79 Å². The predicted octanol–water partition coefficient (Wildman–Crippen LogP) is 2.93. The van der Waals surface area contributed by atoms with E-state index in [1.165, 1.54) is 6.20 Å². The summed E-state index contributed by atoms with van der Waals surface area (Å²) >= 11 is 8.86. The molecule has 0 bridgehead atoms. The summed E-state index contributed by atoms with van der Waals surface area (Å²) in [5.41, 5.74) is 1.87. The van der Waals surface area contributed by atoms with Crippen molar-refractivity contribution in [3.05, 3.63) is 40.0 Å². The molecule has 6 heteroatoms. The number of anilines is 1. The molecule has 0 radical (unpaired) electrons. The molecule has 1 amide bonds. The van der Waals surface area contributed by atoms with Crippen LogP contribution in [-0.4, -0.2) is 18.3 Å². The van der Waals surface area contributed by atoms with Crippen LogP contribution in [0.4, 0.5) is 5.69 Å². The van der Waals surface area contributed by atoms with Crippen LogP contribution in [0.15, 0.2) is 34.4 Å². The minimum Gasteiger partial charge on any atom is -0.360 e. The zero-order valence-corrected chi connectivity index (χ0v) is 12.7. The number of carbonyl (C=O) groups excluding carboxylic acids is 1. The minimum absolute atomic E-state index is 0.00527. The molecule has 0 heterocycles. The molecule has 0 saturated carbocycles. The van der Waals surface area contributed by atoms with Crippen molar-refractivity contribution in [2.45, 2.75) is 6.92 Å². The summed E-state index contributed by atoms with van der Waals surface area (Å²) in [7, 11) is 0. The molecule has 0 unspecified atom stereocenters. The smallest absolute Gasteiger partial charge is 0.263 e. The zero-order valence-electron chi connectivity index (χ0n) is 10.3. The Bertz CT molecular complexity index is 537. The molecule has 0 aliphatic rings. The number of aryl methyl sites for hydroxylation is 1. The van der Waals surface area contributed by atoms with Crippen LogP contribution >= 0.6 is 27.5 Å². The Balaban J connectivity index is 2.74. The van der Waals surface area contributed by atoms with Crippen molar-refractivity contribution in [1.82, 2.24) is 5.32 Å². The first-order valence-corrected chi connectivity index (χ1v) is 6.88. The normalized spacial score (nSPS) is 10.7. The fourth-order valence-electron chi connectivity index (χ4n) is 1.29. The van der Waals surface area contributed by atoms with Gasteiger partial charge in [-0.05, 0) is 30.7 Å². The fraction of sp³-hybridized carbons (Fsp3) is 0.231. The van der Waals surface area contributed by atoms with Gasteiger partial charge in [-0.15, -0.1) is 11.6 Å². The molecule has 1 aromatic carbocycles. The van der Waals surface area contributed by atoms with Gasteiger partial charge in [-0.1, -0.05) is 15.9 Å². The average molecular weight is 343 g/mol. The second-order valence-corrected chi connectivity index (χ2v) is 4.96. The third-order valence-corrected chi connectivity index (χ3v) is 3.36. The van der Waals surface area contributed by atoms with Crippen LogP contribution < -0.4 is 10.6 Å². The second kappa shape index (κ2) is 7.82. The molecule has 0 aliphatic carbocycles. The van der Waals surface area contributed by atoms with Crippen LogP contribution in [0.25, 0.3) is 0 Å². The van der Waals surface area contributed by atoms with Gasteiger partial charge in [0.05, 0.1) is 0 Å². The number of nitrogens with zero attached hydrogens (tertiary/aromatic N) is 1. The lowest BCUT2D eigenvalue weighted by molar-refractivity contribution is -0.117. The first-order chi connectivity index (χ1) is 9.08. The first kappa shape index (κ1) is 15.5. The lowest BCUT2D eigenvalue weighted by Gasteiger charge is -2.05. The van der Waals surface area contributed by atoms with E-state index in [0.29, 0.717) is 12.4 Å². The SMILES string of the molecule is Cc1cc(N/C=C(/C#N)C(=O)NCCCl)ccc1Br. The number of rotatable bonds is 5. The van der Waals surface area contributed by atoms with Crippen molar-refractivity contribution in [1.29, 1.82) is 5.26 Å². The Morgan fingerprint density at radius 2 is 2.32 bits per heavy atom. The van der Waals surface area contributed by atoms with Crippen molar-refractivity contribution in [3.8, 4) is 6.07 Å². The molecule has 4 nitrogen and oxygen atoms in total. The van der Waals surface area contributed by atoms with Crippen LogP contribution in [0.3, 0.4) is 0 Å². The number of hydrogen-bond donors (Lipinski definition) is 2. The summed E-state index contributed by atoms with van der Waals surface area (Å²) in [6.07, 6.45) is 1.38. The Kier molecular flexibility index (Phi) is 6.40. The van der Waals surface area contributed by atoms with E-state index >= 15 is 0 Å². The first-order valence-electron chi connectivity index (χ1n) is 5.55. The van der Waals surface area contributed by atoms with E-state index in [9.17, 15) is 4.79 Å². The van der Waals surface area contributed by atoms with E-state index in [2.05, 4.69) is 26.6 Å². The lowest BCUT2D eigenvalue weighted by atomic mass is 10.2. The van der Waals surface area contributed by atoms with Gasteiger partial charge in [-0.3, -0.25) is 4.79 Å². The minimum atomic E-state index is -0.440. The maximum absolute atomic E-state index is 11.6. The number of halogens is 2. The number of benzene rings is 1. The third kappa shape index (κ3) is 4.93. The molecule has 0 aliphatic heterocycles. The molecule has 0 fully saturated rings. The van der Waals surface area contributed by atoms with Gasteiger partial charge in [0.2, 0.25) is 0 Å². The summed E-state index contributed by atoms with van der Waals surface area (Å²) in [5.74, 6) is -0.131.